The molecular formula is C71H56BBrF6N6O12S2. The van der Waals surface area contributed by atoms with Crippen LogP contribution in [0.4, 0.5) is 26.3 Å². The average Bonchev–Trinajstić information content (AvgIpc) is 1.61. The molecule has 14 aromatic rings. The van der Waals surface area contributed by atoms with Gasteiger partial charge in [-0.2, -0.15) is 0 Å². The fraction of sp³-hybridized carbons (Fsp3) is 0.113. The van der Waals surface area contributed by atoms with Gasteiger partial charge in [-0.05, 0) is 148 Å². The molecule has 0 spiro atoms. The van der Waals surface area contributed by atoms with Gasteiger partial charge in [0.2, 0.25) is 0 Å². The zero-order valence-corrected chi connectivity index (χ0v) is 56.7. The molecule has 0 fully saturated rings. The predicted octanol–water partition coefficient (Wildman–Crippen LogP) is 15.8. The summed E-state index contributed by atoms with van der Waals surface area (Å²) in [6, 6.07) is 34.1. The summed E-state index contributed by atoms with van der Waals surface area (Å²) in [5.74, 6) is -1.92. The van der Waals surface area contributed by atoms with Crippen molar-refractivity contribution in [3.63, 3.8) is 0 Å². The topological polar surface area (TPSA) is 240 Å². The van der Waals surface area contributed by atoms with Gasteiger partial charge in [-0.25, -0.2) is 66.1 Å². The number of methoxy groups -OCH3 is 3. The van der Waals surface area contributed by atoms with Crippen molar-refractivity contribution in [3.8, 4) is 73.3 Å². The lowest BCUT2D eigenvalue weighted by molar-refractivity contribution is 0.386. The fourth-order valence-corrected chi connectivity index (χ4v) is 13.7. The summed E-state index contributed by atoms with van der Waals surface area (Å²) in [5.41, 5.74) is 5.75. The second-order valence-electron chi connectivity index (χ2n) is 22.3. The number of H-pyrrole nitrogens is 1. The zero-order chi connectivity index (χ0) is 70.9. The third-order valence-corrected chi connectivity index (χ3v) is 19.2. The minimum absolute atomic E-state index is 0.0125. The largest absolute Gasteiger partial charge is 0.526 e. The molecule has 0 amide bonds. The molecule has 28 heteroatoms. The van der Waals surface area contributed by atoms with Gasteiger partial charge in [-0.3, -0.25) is 0 Å². The highest BCUT2D eigenvalue weighted by molar-refractivity contribution is 9.10. The Morgan fingerprint density at radius 2 is 0.859 bits per heavy atom. The molecule has 18 nitrogen and oxygen atoms in total. The Morgan fingerprint density at radius 3 is 1.25 bits per heavy atom. The highest BCUT2D eigenvalue weighted by Gasteiger charge is 2.29. The highest BCUT2D eigenvalue weighted by atomic mass is 79.9. The van der Waals surface area contributed by atoms with Crippen molar-refractivity contribution < 1.29 is 80.7 Å². The SMILES string of the molecule is COc1c(F)cc(F)cc1-c1c[nH]c2ncc(-c3ccc(C)o3)cc12.COc1c(F)cc(F)cc1-c1cn(S(=O)(=O)c2ccc(C)cc2)c2ncc(-c3ccc(C)o3)cc12.COc1c(F)cc(F)cc1-c1cn(S(=O)(=O)c2ccc(C)cc2)c2ncc(Br)cc12.Cc1ccc(B(O)O)o1. The second-order valence-corrected chi connectivity index (χ2v) is 26.8. The van der Waals surface area contributed by atoms with E-state index >= 15 is 0 Å². The van der Waals surface area contributed by atoms with Crippen molar-refractivity contribution in [2.45, 2.75) is 44.4 Å². The standard InChI is InChI=1S/C26H20F2N2O4S.C21H15BrF2N2O3S.C19H14F2N2O2.C5H7BO3/c1-15-4-7-19(8-5-15)35(31,32)30-14-22(20-11-18(27)12-23(28)25(20)33-3)21-10-17(13-29-26(21)30)24-9-6-16(2)34-24;1-12-3-5-15(6-4-12)30(27,28)26-11-18(17-7-13(22)10-25-21(17)26)16-8-14(23)9-19(24)20(16)29-2;1-10-3-4-17(25-10)11-5-14-15(9-23-19(14)22-8-11)13-6-12(20)7-16(21)18(13)24-2;1-4-2-3-5(9-4)6(7)8/h4-14H,1-3H3;3-11H,1-2H3;3-9H,1-2H3,(H,22,23);2-3,7-8H,1H3. The van der Waals surface area contributed by atoms with Crippen LogP contribution in [0.2, 0.25) is 0 Å². The third-order valence-electron chi connectivity index (χ3n) is 15.5. The third kappa shape index (κ3) is 14.4. The van der Waals surface area contributed by atoms with E-state index in [1.165, 1.54) is 82.5 Å². The lowest BCUT2D eigenvalue weighted by Gasteiger charge is -2.09. The highest BCUT2D eigenvalue weighted by Crippen LogP contribution is 2.43. The van der Waals surface area contributed by atoms with E-state index < -0.39 is 62.1 Å². The summed E-state index contributed by atoms with van der Waals surface area (Å²) < 4.78 is 173. The molecule has 506 valence electrons. The number of benzene rings is 5. The first-order valence-corrected chi connectivity index (χ1v) is 33.3. The Hall–Kier alpha value is -10.6. The summed E-state index contributed by atoms with van der Waals surface area (Å²) in [6.45, 7) is 9.10. The second kappa shape index (κ2) is 28.4. The molecular weight excluding hydrogens is 1400 g/mol. The maximum absolute atomic E-state index is 14.6. The van der Waals surface area contributed by atoms with Gasteiger partial charge in [-0.15, -0.1) is 0 Å². The summed E-state index contributed by atoms with van der Waals surface area (Å²) in [5, 5.41) is 18.5. The lowest BCUT2D eigenvalue weighted by atomic mass is 9.88. The van der Waals surface area contributed by atoms with Crippen LogP contribution in [0.3, 0.4) is 0 Å². The van der Waals surface area contributed by atoms with Crippen LogP contribution < -0.4 is 19.9 Å². The van der Waals surface area contributed by atoms with Crippen LogP contribution in [0.15, 0.2) is 204 Å². The van der Waals surface area contributed by atoms with Crippen LogP contribution >= 0.6 is 15.9 Å². The molecule has 99 heavy (non-hydrogen) atoms. The van der Waals surface area contributed by atoms with Crippen molar-refractivity contribution in [2.75, 3.05) is 21.3 Å². The number of hydrogen-bond acceptors (Lipinski definition) is 15. The van der Waals surface area contributed by atoms with Crippen molar-refractivity contribution in [2.24, 2.45) is 0 Å². The predicted molar refractivity (Wildman–Crippen MR) is 365 cm³/mol. The van der Waals surface area contributed by atoms with Gasteiger partial charge in [0.15, 0.2) is 46.0 Å². The van der Waals surface area contributed by atoms with E-state index in [0.717, 1.165) is 54.0 Å². The maximum Gasteiger partial charge on any atom is 0.526 e. The van der Waals surface area contributed by atoms with E-state index in [9.17, 15) is 43.2 Å². The van der Waals surface area contributed by atoms with E-state index in [2.05, 4.69) is 35.9 Å². The molecule has 5 aromatic carbocycles. The molecule has 0 saturated heterocycles. The monoisotopic (exact) mass is 1450 g/mol. The van der Waals surface area contributed by atoms with Crippen molar-refractivity contribution in [1.29, 1.82) is 0 Å². The molecule has 0 saturated carbocycles. The minimum atomic E-state index is -4.08. The Morgan fingerprint density at radius 1 is 0.465 bits per heavy atom. The summed E-state index contributed by atoms with van der Waals surface area (Å²) in [7, 11) is -5.71. The number of pyridine rings is 3. The van der Waals surface area contributed by atoms with Crippen LogP contribution in [0.5, 0.6) is 17.2 Å². The number of aryl methyl sites for hydroxylation is 5. The minimum Gasteiger partial charge on any atom is -0.493 e. The summed E-state index contributed by atoms with van der Waals surface area (Å²) >= 11 is 3.32. The summed E-state index contributed by atoms with van der Waals surface area (Å²) in [4.78, 5) is 16.2. The van der Waals surface area contributed by atoms with Crippen LogP contribution in [-0.2, 0) is 20.0 Å². The molecule has 0 bridgehead atoms. The van der Waals surface area contributed by atoms with Gasteiger partial charge in [0, 0.05) is 121 Å². The Labute approximate surface area is 570 Å². The van der Waals surface area contributed by atoms with Gasteiger partial charge in [0.25, 0.3) is 20.0 Å². The first-order valence-electron chi connectivity index (χ1n) is 29.6. The number of fused-ring (bicyclic) bond motifs is 3. The molecule has 0 aliphatic rings. The molecule has 0 aliphatic heterocycles. The van der Waals surface area contributed by atoms with Crippen LogP contribution in [0.1, 0.15) is 28.4 Å². The van der Waals surface area contributed by atoms with Crippen molar-refractivity contribution in [1.82, 2.24) is 27.9 Å². The number of aromatic amines is 1. The van der Waals surface area contributed by atoms with E-state index in [-0.39, 0.29) is 66.2 Å². The van der Waals surface area contributed by atoms with Crippen LogP contribution in [0, 0.1) is 69.5 Å². The molecule has 0 atom stereocenters. The number of aromatic nitrogens is 6. The van der Waals surface area contributed by atoms with Crippen molar-refractivity contribution in [3.05, 3.63) is 244 Å². The van der Waals surface area contributed by atoms with Gasteiger partial charge < -0.3 is 42.5 Å². The quantitative estimate of drug-likeness (QED) is 0.0718. The number of halogens is 7. The molecule has 9 heterocycles. The van der Waals surface area contributed by atoms with Gasteiger partial charge in [0.05, 0.1) is 36.9 Å². The van der Waals surface area contributed by atoms with Gasteiger partial charge in [0.1, 0.15) is 51.8 Å². The number of hydrogen-bond donors (Lipinski definition) is 3. The lowest BCUT2D eigenvalue weighted by Crippen LogP contribution is -2.27. The first kappa shape index (κ1) is 69.7. The first-order chi connectivity index (χ1) is 47.2. The van der Waals surface area contributed by atoms with E-state index in [1.807, 2.05) is 39.0 Å². The molecule has 0 radical (unpaired) electrons. The summed E-state index contributed by atoms with van der Waals surface area (Å²) in [6.07, 6.45) is 8.90. The van der Waals surface area contributed by atoms with Crippen molar-refractivity contribution >= 4 is 81.9 Å². The number of nitrogens with one attached hydrogen (secondary N) is 1. The van der Waals surface area contributed by atoms with Crippen LogP contribution in [0.25, 0.3) is 89.1 Å². The number of furan rings is 3. The number of rotatable bonds is 13. The number of nitrogens with zero attached hydrogens (tertiary/aromatic N) is 5. The Kier molecular flexibility index (Phi) is 20.0. The molecule has 14 rings (SSSR count). The zero-order valence-electron chi connectivity index (χ0n) is 53.5. The van der Waals surface area contributed by atoms with Gasteiger partial charge in [-0.1, -0.05) is 35.4 Å². The fourth-order valence-electron chi connectivity index (χ4n) is 10.7. The van der Waals surface area contributed by atoms with Crippen LogP contribution in [-0.4, -0.2) is 83.2 Å². The maximum atomic E-state index is 14.6. The Balaban J connectivity index is 0.000000142. The molecule has 3 N–H and O–H groups in total. The van der Waals surface area contributed by atoms with E-state index in [0.29, 0.717) is 72.8 Å². The Bertz CT molecular complexity index is 5600. The molecule has 0 unspecified atom stereocenters. The average molecular weight is 1450 g/mol. The molecule has 0 aliphatic carbocycles. The number of ether oxygens (including phenoxy) is 3. The molecule has 9 aromatic heterocycles. The normalized spacial score (nSPS) is 11.4. The van der Waals surface area contributed by atoms with E-state index in [4.69, 9.17) is 37.5 Å². The van der Waals surface area contributed by atoms with Gasteiger partial charge >= 0.3 is 7.12 Å². The smallest absolute Gasteiger partial charge is 0.493 e. The van der Waals surface area contributed by atoms with E-state index in [1.54, 1.807) is 80.8 Å².